The van der Waals surface area contributed by atoms with Crippen LogP contribution in [0.25, 0.3) is 22.3 Å². The standard InChI is InChI=1S/C37H24S2/c1-3-12-25(13-4-1)27-22-23-34-31(24-27)37(29-17-7-9-19-32(29)38-33-20-10-8-18-30(33)37)36-28(16-11-21-35(36)39-34)26-14-5-2-6-15-26/h1-24H. The van der Waals surface area contributed by atoms with Gasteiger partial charge in [0, 0.05) is 19.6 Å². The third-order valence-corrected chi connectivity index (χ3v) is 10.3. The Hall–Kier alpha value is -3.98. The first-order chi connectivity index (χ1) is 19.3. The summed E-state index contributed by atoms with van der Waals surface area (Å²) in [5.74, 6) is 0. The Morgan fingerprint density at radius 2 is 0.897 bits per heavy atom. The minimum atomic E-state index is -0.439. The molecule has 0 saturated heterocycles. The number of rotatable bonds is 2. The van der Waals surface area contributed by atoms with Crippen molar-refractivity contribution in [2.75, 3.05) is 0 Å². The maximum Gasteiger partial charge on any atom is 0.0751 e. The molecule has 0 atom stereocenters. The van der Waals surface area contributed by atoms with E-state index in [0.717, 1.165) is 0 Å². The normalized spacial score (nSPS) is 14.2. The van der Waals surface area contributed by atoms with Crippen molar-refractivity contribution in [2.24, 2.45) is 0 Å². The molecule has 6 aromatic carbocycles. The van der Waals surface area contributed by atoms with Crippen molar-refractivity contribution in [3.05, 3.63) is 168 Å². The SMILES string of the molecule is c1ccc(-c2ccc3c(c2)C2(c4ccccc4Sc4ccccc42)c2c(cccc2-c2ccccc2)S3)cc1. The van der Waals surface area contributed by atoms with Gasteiger partial charge in [-0.05, 0) is 74.8 Å². The summed E-state index contributed by atoms with van der Waals surface area (Å²) in [4.78, 5) is 5.30. The third kappa shape index (κ3) is 3.42. The second-order valence-electron chi connectivity index (χ2n) is 10.1. The van der Waals surface area contributed by atoms with Crippen molar-refractivity contribution >= 4 is 23.5 Å². The zero-order chi connectivity index (χ0) is 25.8. The van der Waals surface area contributed by atoms with Crippen LogP contribution >= 0.6 is 23.5 Å². The maximum atomic E-state index is 2.46. The quantitative estimate of drug-likeness (QED) is 0.217. The van der Waals surface area contributed by atoms with Gasteiger partial charge in [0.1, 0.15) is 0 Å². The van der Waals surface area contributed by atoms with Crippen molar-refractivity contribution in [2.45, 2.75) is 25.0 Å². The smallest absolute Gasteiger partial charge is 0.0751 e. The summed E-state index contributed by atoms with van der Waals surface area (Å²) < 4.78 is 0. The molecule has 0 fully saturated rings. The summed E-state index contributed by atoms with van der Waals surface area (Å²) in [5.41, 5.74) is 10.1. The lowest BCUT2D eigenvalue weighted by Crippen LogP contribution is -2.37. The molecule has 0 aromatic heterocycles. The van der Waals surface area contributed by atoms with E-state index >= 15 is 0 Å². The van der Waals surface area contributed by atoms with Crippen molar-refractivity contribution in [3.63, 3.8) is 0 Å². The predicted octanol–water partition coefficient (Wildman–Crippen LogP) is 10.3. The number of hydrogen-bond donors (Lipinski definition) is 0. The van der Waals surface area contributed by atoms with Gasteiger partial charge in [0.2, 0.25) is 0 Å². The van der Waals surface area contributed by atoms with Crippen molar-refractivity contribution < 1.29 is 0 Å². The second-order valence-corrected chi connectivity index (χ2v) is 12.2. The first-order valence-corrected chi connectivity index (χ1v) is 14.9. The Bertz CT molecular complexity index is 1810. The molecule has 2 heteroatoms. The fourth-order valence-electron chi connectivity index (χ4n) is 6.39. The summed E-state index contributed by atoms with van der Waals surface area (Å²) >= 11 is 3.80. The van der Waals surface area contributed by atoms with Crippen molar-refractivity contribution in [3.8, 4) is 22.3 Å². The maximum absolute atomic E-state index is 2.46. The lowest BCUT2D eigenvalue weighted by molar-refractivity contribution is 0.669. The van der Waals surface area contributed by atoms with E-state index in [1.165, 1.54) is 64.1 Å². The molecule has 0 amide bonds. The van der Waals surface area contributed by atoms with Crippen LogP contribution in [0.4, 0.5) is 0 Å². The monoisotopic (exact) mass is 532 g/mol. The van der Waals surface area contributed by atoms with Gasteiger partial charge in [-0.1, -0.05) is 139 Å². The summed E-state index contributed by atoms with van der Waals surface area (Å²) in [5, 5.41) is 0. The van der Waals surface area contributed by atoms with Gasteiger partial charge in [-0.25, -0.2) is 0 Å². The van der Waals surface area contributed by atoms with Gasteiger partial charge < -0.3 is 0 Å². The molecular formula is C37H24S2. The highest BCUT2D eigenvalue weighted by atomic mass is 32.2. The van der Waals surface area contributed by atoms with Crippen LogP contribution in [0.5, 0.6) is 0 Å². The van der Waals surface area contributed by atoms with Crippen LogP contribution in [-0.2, 0) is 5.41 Å². The van der Waals surface area contributed by atoms with E-state index in [0.29, 0.717) is 0 Å². The lowest BCUT2D eigenvalue weighted by atomic mass is 9.62. The minimum Gasteiger partial charge on any atom is -0.0894 e. The Kier molecular flexibility index (Phi) is 5.33. The molecule has 184 valence electrons. The summed E-state index contributed by atoms with van der Waals surface area (Å²) in [6.45, 7) is 0. The van der Waals surface area contributed by atoms with E-state index in [9.17, 15) is 0 Å². The Balaban J connectivity index is 1.56. The van der Waals surface area contributed by atoms with Gasteiger partial charge in [0.05, 0.1) is 5.41 Å². The molecule has 0 bridgehead atoms. The number of fused-ring (bicyclic) bond motifs is 8. The molecule has 0 aliphatic carbocycles. The van der Waals surface area contributed by atoms with E-state index in [1.54, 1.807) is 0 Å². The van der Waals surface area contributed by atoms with Crippen molar-refractivity contribution in [1.29, 1.82) is 0 Å². The van der Waals surface area contributed by atoms with Gasteiger partial charge in [0.15, 0.2) is 0 Å². The highest BCUT2D eigenvalue weighted by Crippen LogP contribution is 2.63. The Labute approximate surface area is 237 Å². The number of hydrogen-bond acceptors (Lipinski definition) is 2. The summed E-state index contributed by atoms with van der Waals surface area (Å²) in [7, 11) is 0. The zero-order valence-corrected chi connectivity index (χ0v) is 22.8. The fourth-order valence-corrected chi connectivity index (χ4v) is 8.79. The molecular weight excluding hydrogens is 509 g/mol. The molecule has 2 aliphatic rings. The molecule has 0 N–H and O–H groups in total. The van der Waals surface area contributed by atoms with Gasteiger partial charge in [-0.2, -0.15) is 0 Å². The molecule has 0 unspecified atom stereocenters. The fraction of sp³-hybridized carbons (Fsp3) is 0.0270. The lowest BCUT2D eigenvalue weighted by Gasteiger charge is -2.46. The average Bonchev–Trinajstić information content (AvgIpc) is 3.01. The van der Waals surface area contributed by atoms with Gasteiger partial charge in [0.25, 0.3) is 0 Å². The molecule has 39 heavy (non-hydrogen) atoms. The second kappa shape index (κ2) is 9.05. The topological polar surface area (TPSA) is 0 Å². The highest BCUT2D eigenvalue weighted by Gasteiger charge is 2.50. The van der Waals surface area contributed by atoms with Crippen LogP contribution in [0.3, 0.4) is 0 Å². The average molecular weight is 533 g/mol. The van der Waals surface area contributed by atoms with Crippen LogP contribution in [-0.4, -0.2) is 0 Å². The van der Waals surface area contributed by atoms with E-state index in [2.05, 4.69) is 146 Å². The predicted molar refractivity (Wildman–Crippen MR) is 164 cm³/mol. The van der Waals surface area contributed by atoms with Crippen LogP contribution in [0.2, 0.25) is 0 Å². The van der Waals surface area contributed by atoms with Gasteiger partial charge >= 0.3 is 0 Å². The summed E-state index contributed by atoms with van der Waals surface area (Å²) in [6, 6.07) is 53.7. The van der Waals surface area contributed by atoms with Crippen molar-refractivity contribution in [1.82, 2.24) is 0 Å². The third-order valence-electron chi connectivity index (χ3n) is 8.00. The molecule has 6 aromatic rings. The molecule has 0 radical (unpaired) electrons. The first kappa shape index (κ1) is 23.0. The minimum absolute atomic E-state index is 0.439. The first-order valence-electron chi connectivity index (χ1n) is 13.3. The van der Waals surface area contributed by atoms with E-state index in [-0.39, 0.29) is 0 Å². The largest absolute Gasteiger partial charge is 0.0894 e. The van der Waals surface area contributed by atoms with Gasteiger partial charge in [-0.3, -0.25) is 0 Å². The number of benzene rings is 6. The molecule has 1 spiro atoms. The van der Waals surface area contributed by atoms with Gasteiger partial charge in [-0.15, -0.1) is 0 Å². The highest BCUT2D eigenvalue weighted by molar-refractivity contribution is 8.00. The molecule has 2 aliphatic heterocycles. The Morgan fingerprint density at radius 3 is 1.59 bits per heavy atom. The van der Waals surface area contributed by atoms with Crippen LogP contribution < -0.4 is 0 Å². The molecule has 0 nitrogen and oxygen atoms in total. The van der Waals surface area contributed by atoms with Crippen LogP contribution in [0.1, 0.15) is 22.3 Å². The molecule has 2 heterocycles. The summed E-state index contributed by atoms with van der Waals surface area (Å²) in [6.07, 6.45) is 0. The van der Waals surface area contributed by atoms with Crippen LogP contribution in [0.15, 0.2) is 165 Å². The molecule has 0 saturated carbocycles. The zero-order valence-electron chi connectivity index (χ0n) is 21.2. The Morgan fingerprint density at radius 1 is 0.359 bits per heavy atom. The van der Waals surface area contributed by atoms with E-state index in [4.69, 9.17) is 0 Å². The van der Waals surface area contributed by atoms with E-state index in [1.807, 2.05) is 23.5 Å². The molecule has 8 rings (SSSR count). The van der Waals surface area contributed by atoms with Crippen LogP contribution in [0, 0.1) is 0 Å². The van der Waals surface area contributed by atoms with E-state index < -0.39 is 5.41 Å².